The summed E-state index contributed by atoms with van der Waals surface area (Å²) in [5, 5.41) is 1.23. The Hall–Kier alpha value is -2.85. The third kappa shape index (κ3) is 3.46. The maximum absolute atomic E-state index is 13.3. The maximum atomic E-state index is 13.3. The molecule has 0 saturated carbocycles. The first-order valence-corrected chi connectivity index (χ1v) is 10.1. The molecule has 3 nitrogen and oxygen atoms in total. The third-order valence-corrected chi connectivity index (χ3v) is 6.21. The first-order chi connectivity index (χ1) is 14.1. The molecule has 0 spiro atoms. The predicted octanol–water partition coefficient (Wildman–Crippen LogP) is 5.83. The van der Waals surface area contributed by atoms with Gasteiger partial charge in [0, 0.05) is 36.9 Å². The molecule has 0 amide bonds. The highest BCUT2D eigenvalue weighted by molar-refractivity contribution is 5.95. The Morgan fingerprint density at radius 3 is 2.47 bits per heavy atom. The quantitative estimate of drug-likeness (QED) is 0.415. The fraction of sp³-hybridized carbons (Fsp3) is 0.240. The van der Waals surface area contributed by atoms with Gasteiger partial charge in [-0.15, -0.1) is 12.4 Å². The van der Waals surface area contributed by atoms with Gasteiger partial charge < -0.3 is 9.47 Å². The van der Waals surface area contributed by atoms with Crippen molar-refractivity contribution in [1.29, 1.82) is 0 Å². The summed E-state index contributed by atoms with van der Waals surface area (Å²) in [5.41, 5.74) is 7.61. The molecule has 3 heterocycles. The lowest BCUT2D eigenvalue weighted by atomic mass is 9.99. The monoisotopic (exact) mass is 421 g/mol. The lowest BCUT2D eigenvalue weighted by Gasteiger charge is -2.30. The lowest BCUT2D eigenvalue weighted by molar-refractivity contribution is 0.626. The van der Waals surface area contributed by atoms with Crippen LogP contribution in [0.5, 0.6) is 0 Å². The first kappa shape index (κ1) is 20.4. The van der Waals surface area contributed by atoms with E-state index < -0.39 is 0 Å². The Kier molecular flexibility index (Phi) is 5.52. The van der Waals surface area contributed by atoms with E-state index in [2.05, 4.69) is 53.6 Å². The average molecular weight is 422 g/mol. The molecule has 2 aromatic heterocycles. The van der Waals surface area contributed by atoms with Crippen LogP contribution in [0.4, 0.5) is 10.2 Å². The number of hydrogen-bond donors (Lipinski definition) is 0. The number of aromatic nitrogens is 2. The average Bonchev–Trinajstić information content (AvgIpc) is 3.00. The molecule has 0 fully saturated rings. The molecule has 5 heteroatoms. The van der Waals surface area contributed by atoms with Crippen LogP contribution in [0, 0.1) is 19.7 Å². The minimum atomic E-state index is -0.198. The SMILES string of the molecule is Cc1c(C)n(Cc2ccc(F)cc2)c2ccnc(N3CCc4ccccc4C3)c12.Cl. The van der Waals surface area contributed by atoms with Crippen molar-refractivity contribution in [3.8, 4) is 0 Å². The van der Waals surface area contributed by atoms with E-state index in [-0.39, 0.29) is 18.2 Å². The summed E-state index contributed by atoms with van der Waals surface area (Å²) in [6.07, 6.45) is 2.96. The molecule has 2 aromatic carbocycles. The van der Waals surface area contributed by atoms with E-state index in [1.807, 2.05) is 18.3 Å². The number of aryl methyl sites for hydroxylation is 1. The van der Waals surface area contributed by atoms with Crippen LogP contribution >= 0.6 is 12.4 Å². The van der Waals surface area contributed by atoms with Crippen LogP contribution in [0.15, 0.2) is 60.8 Å². The number of nitrogens with zero attached hydrogens (tertiary/aromatic N) is 3. The fourth-order valence-corrected chi connectivity index (χ4v) is 4.48. The molecule has 154 valence electrons. The van der Waals surface area contributed by atoms with E-state index in [0.717, 1.165) is 37.4 Å². The number of halogens is 2. The largest absolute Gasteiger partial charge is 0.351 e. The van der Waals surface area contributed by atoms with Gasteiger partial charge in [-0.05, 0) is 60.7 Å². The summed E-state index contributed by atoms with van der Waals surface area (Å²) < 4.78 is 15.6. The van der Waals surface area contributed by atoms with Gasteiger partial charge in [-0.2, -0.15) is 0 Å². The van der Waals surface area contributed by atoms with E-state index in [4.69, 9.17) is 4.98 Å². The molecule has 1 aliphatic rings. The van der Waals surface area contributed by atoms with Crippen molar-refractivity contribution in [2.75, 3.05) is 11.4 Å². The van der Waals surface area contributed by atoms with Crippen molar-refractivity contribution < 1.29 is 4.39 Å². The van der Waals surface area contributed by atoms with E-state index in [0.29, 0.717) is 0 Å². The highest BCUT2D eigenvalue weighted by atomic mass is 35.5. The second kappa shape index (κ2) is 8.11. The summed E-state index contributed by atoms with van der Waals surface area (Å²) in [6, 6.07) is 17.6. The zero-order chi connectivity index (χ0) is 20.0. The minimum absolute atomic E-state index is 0. The van der Waals surface area contributed by atoms with E-state index in [1.165, 1.54) is 45.4 Å². The predicted molar refractivity (Wildman–Crippen MR) is 123 cm³/mol. The number of rotatable bonds is 3. The number of fused-ring (bicyclic) bond motifs is 2. The zero-order valence-corrected chi connectivity index (χ0v) is 18.0. The van der Waals surface area contributed by atoms with Crippen molar-refractivity contribution in [2.45, 2.75) is 33.4 Å². The first-order valence-electron chi connectivity index (χ1n) is 10.1. The maximum Gasteiger partial charge on any atom is 0.138 e. The van der Waals surface area contributed by atoms with Gasteiger partial charge in [0.1, 0.15) is 11.6 Å². The molecule has 0 unspecified atom stereocenters. The molecule has 0 aliphatic carbocycles. The smallest absolute Gasteiger partial charge is 0.138 e. The molecule has 0 N–H and O–H groups in total. The summed E-state index contributed by atoms with van der Waals surface area (Å²) in [4.78, 5) is 7.20. The van der Waals surface area contributed by atoms with Crippen LogP contribution in [-0.2, 0) is 19.5 Å². The summed E-state index contributed by atoms with van der Waals surface area (Å²) in [5.74, 6) is 0.867. The van der Waals surface area contributed by atoms with Gasteiger partial charge >= 0.3 is 0 Å². The molecule has 1 aliphatic heterocycles. The summed E-state index contributed by atoms with van der Waals surface area (Å²) in [7, 11) is 0. The molecular weight excluding hydrogens is 397 g/mol. The number of hydrogen-bond acceptors (Lipinski definition) is 2. The van der Waals surface area contributed by atoms with Gasteiger partial charge in [-0.1, -0.05) is 36.4 Å². The van der Waals surface area contributed by atoms with Crippen LogP contribution in [0.1, 0.15) is 27.9 Å². The Morgan fingerprint density at radius 1 is 0.967 bits per heavy atom. The molecule has 0 bridgehead atoms. The number of benzene rings is 2. The Balaban J connectivity index is 0.00000218. The third-order valence-electron chi connectivity index (χ3n) is 6.21. The summed E-state index contributed by atoms with van der Waals surface area (Å²) >= 11 is 0. The normalized spacial score (nSPS) is 13.2. The van der Waals surface area contributed by atoms with Crippen molar-refractivity contribution >= 4 is 29.1 Å². The second-order valence-corrected chi connectivity index (χ2v) is 7.89. The van der Waals surface area contributed by atoms with Crippen molar-refractivity contribution in [2.24, 2.45) is 0 Å². The fourth-order valence-electron chi connectivity index (χ4n) is 4.48. The van der Waals surface area contributed by atoms with Crippen molar-refractivity contribution in [3.05, 3.63) is 94.6 Å². The second-order valence-electron chi connectivity index (χ2n) is 7.89. The Bertz CT molecular complexity index is 1200. The highest BCUT2D eigenvalue weighted by Crippen LogP contribution is 2.34. The standard InChI is InChI=1S/C25H24FN3.ClH/c1-17-18(2)29(15-19-7-9-22(26)10-8-19)23-11-13-27-25(24(17)23)28-14-12-20-5-3-4-6-21(20)16-28;/h3-11,13H,12,14-16H2,1-2H3;1H. The van der Waals surface area contributed by atoms with Crippen molar-refractivity contribution in [1.82, 2.24) is 9.55 Å². The molecule has 5 rings (SSSR count). The Labute approximate surface area is 182 Å². The lowest BCUT2D eigenvalue weighted by Crippen LogP contribution is -2.31. The van der Waals surface area contributed by atoms with Gasteiger partial charge in [-0.3, -0.25) is 0 Å². The van der Waals surface area contributed by atoms with Gasteiger partial charge in [0.25, 0.3) is 0 Å². The number of anilines is 1. The van der Waals surface area contributed by atoms with Gasteiger partial charge in [0.05, 0.1) is 5.52 Å². The molecule has 4 aromatic rings. The molecule has 30 heavy (non-hydrogen) atoms. The van der Waals surface area contributed by atoms with Crippen LogP contribution in [0.25, 0.3) is 10.9 Å². The van der Waals surface area contributed by atoms with Crippen LogP contribution in [-0.4, -0.2) is 16.1 Å². The topological polar surface area (TPSA) is 21.1 Å². The van der Waals surface area contributed by atoms with Gasteiger partial charge in [0.2, 0.25) is 0 Å². The molecule has 0 atom stereocenters. The van der Waals surface area contributed by atoms with Gasteiger partial charge in [-0.25, -0.2) is 9.37 Å². The van der Waals surface area contributed by atoms with Crippen molar-refractivity contribution in [3.63, 3.8) is 0 Å². The number of pyridine rings is 1. The highest BCUT2D eigenvalue weighted by Gasteiger charge is 2.22. The summed E-state index contributed by atoms with van der Waals surface area (Å²) in [6.45, 7) is 6.94. The van der Waals surface area contributed by atoms with Crippen LogP contribution in [0.2, 0.25) is 0 Å². The molecular formula is C25H25ClFN3. The van der Waals surface area contributed by atoms with Crippen LogP contribution in [0.3, 0.4) is 0 Å². The van der Waals surface area contributed by atoms with Gasteiger partial charge in [0.15, 0.2) is 0 Å². The van der Waals surface area contributed by atoms with Crippen LogP contribution < -0.4 is 4.90 Å². The van der Waals surface area contributed by atoms with E-state index in [9.17, 15) is 4.39 Å². The zero-order valence-electron chi connectivity index (χ0n) is 17.2. The van der Waals surface area contributed by atoms with E-state index >= 15 is 0 Å². The molecule has 0 radical (unpaired) electrons. The minimum Gasteiger partial charge on any atom is -0.351 e. The molecule has 0 saturated heterocycles. The Morgan fingerprint density at radius 2 is 1.70 bits per heavy atom. The van der Waals surface area contributed by atoms with E-state index in [1.54, 1.807) is 0 Å².